The first-order valence-electron chi connectivity index (χ1n) is 6.79. The van der Waals surface area contributed by atoms with Gasteiger partial charge in [0.2, 0.25) is 6.79 Å². The lowest BCUT2D eigenvalue weighted by Gasteiger charge is -2.22. The lowest BCUT2D eigenvalue weighted by atomic mass is 10.1. The second-order valence-corrected chi connectivity index (χ2v) is 5.76. The summed E-state index contributed by atoms with van der Waals surface area (Å²) in [5.74, 6) is 2.31. The highest BCUT2D eigenvalue weighted by Gasteiger charge is 2.19. The molecule has 0 radical (unpaired) electrons. The Morgan fingerprint density at radius 2 is 1.85 bits per heavy atom. The van der Waals surface area contributed by atoms with E-state index in [-0.39, 0.29) is 12.3 Å². The Kier molecular flexibility index (Phi) is 4.73. The third-order valence-corrected chi connectivity index (χ3v) is 2.91. The fraction of sp³-hybridized carbons (Fsp3) is 0.600. The van der Waals surface area contributed by atoms with Crippen molar-refractivity contribution < 1.29 is 18.9 Å². The molecule has 1 N–H and O–H groups in total. The predicted molar refractivity (Wildman–Crippen MR) is 76.5 cm³/mol. The van der Waals surface area contributed by atoms with Gasteiger partial charge in [0.1, 0.15) is 12.4 Å². The number of hydrogen-bond donors (Lipinski definition) is 1. The quantitative estimate of drug-likeness (QED) is 0.811. The van der Waals surface area contributed by atoms with E-state index in [1.807, 2.05) is 12.1 Å². The summed E-state index contributed by atoms with van der Waals surface area (Å²) in [6, 6.07) is 3.86. The maximum atomic E-state index is 5.77. The monoisotopic (exact) mass is 281 g/mol. The van der Waals surface area contributed by atoms with Gasteiger partial charge in [0.05, 0.1) is 6.61 Å². The molecule has 1 aromatic carbocycles. The van der Waals surface area contributed by atoms with Gasteiger partial charge >= 0.3 is 0 Å². The summed E-state index contributed by atoms with van der Waals surface area (Å²) in [4.78, 5) is 0. The Bertz CT molecular complexity index is 454. The molecule has 1 aliphatic rings. The third-order valence-electron chi connectivity index (χ3n) is 2.91. The number of ether oxygens (including phenoxy) is 4. The number of benzene rings is 1. The van der Waals surface area contributed by atoms with Crippen LogP contribution in [0.15, 0.2) is 12.1 Å². The number of rotatable bonds is 6. The number of methoxy groups -OCH3 is 1. The van der Waals surface area contributed by atoms with E-state index in [4.69, 9.17) is 18.9 Å². The second kappa shape index (κ2) is 6.33. The van der Waals surface area contributed by atoms with Crippen molar-refractivity contribution in [1.29, 1.82) is 0 Å². The molecule has 0 saturated carbocycles. The summed E-state index contributed by atoms with van der Waals surface area (Å²) in [6.45, 7) is 8.44. The molecule has 0 aliphatic carbocycles. The van der Waals surface area contributed by atoms with Crippen LogP contribution in [-0.4, -0.2) is 32.7 Å². The van der Waals surface area contributed by atoms with Gasteiger partial charge in [-0.25, -0.2) is 0 Å². The normalized spacial score (nSPS) is 13.6. The molecule has 1 aliphatic heterocycles. The van der Waals surface area contributed by atoms with Crippen LogP contribution in [0.1, 0.15) is 26.3 Å². The van der Waals surface area contributed by atoms with E-state index in [0.717, 1.165) is 22.8 Å². The van der Waals surface area contributed by atoms with Crippen LogP contribution in [0.5, 0.6) is 17.2 Å². The second-order valence-electron chi connectivity index (χ2n) is 5.76. The van der Waals surface area contributed by atoms with Crippen LogP contribution in [0.4, 0.5) is 0 Å². The van der Waals surface area contributed by atoms with Gasteiger partial charge in [0, 0.05) is 30.8 Å². The van der Waals surface area contributed by atoms with Gasteiger partial charge in [-0.15, -0.1) is 0 Å². The molecule has 5 heteroatoms. The maximum Gasteiger partial charge on any atom is 0.231 e. The van der Waals surface area contributed by atoms with Gasteiger partial charge < -0.3 is 24.3 Å². The molecular weight excluding hydrogens is 258 g/mol. The topological polar surface area (TPSA) is 49.0 Å². The zero-order chi connectivity index (χ0) is 14.6. The van der Waals surface area contributed by atoms with Crippen molar-refractivity contribution in [2.24, 2.45) is 0 Å². The van der Waals surface area contributed by atoms with E-state index in [1.165, 1.54) is 0 Å². The van der Waals surface area contributed by atoms with Crippen LogP contribution in [0.2, 0.25) is 0 Å². The van der Waals surface area contributed by atoms with Crippen molar-refractivity contribution >= 4 is 0 Å². The molecule has 5 nitrogen and oxygen atoms in total. The summed E-state index contributed by atoms with van der Waals surface area (Å²) in [5, 5.41) is 3.45. The summed E-state index contributed by atoms with van der Waals surface area (Å²) in [6.07, 6.45) is 0. The van der Waals surface area contributed by atoms with Gasteiger partial charge in [-0.1, -0.05) is 0 Å². The number of nitrogens with one attached hydrogen (secondary N) is 1. The fourth-order valence-electron chi connectivity index (χ4n) is 1.83. The average molecular weight is 281 g/mol. The Labute approximate surface area is 120 Å². The molecule has 0 amide bonds. The molecule has 0 aromatic heterocycles. The van der Waals surface area contributed by atoms with E-state index in [9.17, 15) is 0 Å². The SMILES string of the molecule is COCCOc1cc2c(cc1CNC(C)(C)C)OCO2. The summed E-state index contributed by atoms with van der Waals surface area (Å²) < 4.78 is 21.6. The van der Waals surface area contributed by atoms with Gasteiger partial charge in [-0.3, -0.25) is 0 Å². The minimum Gasteiger partial charge on any atom is -0.491 e. The van der Waals surface area contributed by atoms with Crippen molar-refractivity contribution in [1.82, 2.24) is 5.32 Å². The van der Waals surface area contributed by atoms with Gasteiger partial charge in [0.15, 0.2) is 11.5 Å². The van der Waals surface area contributed by atoms with Crippen LogP contribution in [0, 0.1) is 0 Å². The summed E-state index contributed by atoms with van der Waals surface area (Å²) in [5.41, 5.74) is 1.10. The molecule has 0 fully saturated rings. The fourth-order valence-corrected chi connectivity index (χ4v) is 1.83. The molecule has 0 saturated heterocycles. The Morgan fingerprint density at radius 1 is 1.15 bits per heavy atom. The van der Waals surface area contributed by atoms with Crippen LogP contribution >= 0.6 is 0 Å². The van der Waals surface area contributed by atoms with Crippen LogP contribution in [0.3, 0.4) is 0 Å². The Hall–Kier alpha value is -1.46. The smallest absolute Gasteiger partial charge is 0.231 e. The lowest BCUT2D eigenvalue weighted by Crippen LogP contribution is -2.35. The van der Waals surface area contributed by atoms with Crippen molar-refractivity contribution in [3.63, 3.8) is 0 Å². The predicted octanol–water partition coefficient (Wildman–Crippen LogP) is 2.33. The average Bonchev–Trinajstić information content (AvgIpc) is 2.82. The van der Waals surface area contributed by atoms with Crippen LogP contribution in [0.25, 0.3) is 0 Å². The zero-order valence-electron chi connectivity index (χ0n) is 12.6. The molecule has 0 spiro atoms. The highest BCUT2D eigenvalue weighted by Crippen LogP contribution is 2.38. The standard InChI is InChI=1S/C15H23NO4/c1-15(2,3)16-9-11-7-13-14(20-10-19-13)8-12(11)18-6-5-17-4/h7-8,16H,5-6,9-10H2,1-4H3. The lowest BCUT2D eigenvalue weighted by molar-refractivity contribution is 0.145. The number of hydrogen-bond acceptors (Lipinski definition) is 5. The highest BCUT2D eigenvalue weighted by molar-refractivity contribution is 5.51. The molecule has 0 unspecified atom stereocenters. The van der Waals surface area contributed by atoms with Crippen molar-refractivity contribution in [3.05, 3.63) is 17.7 Å². The van der Waals surface area contributed by atoms with E-state index >= 15 is 0 Å². The summed E-state index contributed by atoms with van der Waals surface area (Å²) >= 11 is 0. The van der Waals surface area contributed by atoms with E-state index in [1.54, 1.807) is 7.11 Å². The van der Waals surface area contributed by atoms with Gasteiger partial charge in [-0.05, 0) is 26.8 Å². The van der Waals surface area contributed by atoms with E-state index in [0.29, 0.717) is 19.8 Å². The zero-order valence-corrected chi connectivity index (χ0v) is 12.6. The molecular formula is C15H23NO4. The van der Waals surface area contributed by atoms with Gasteiger partial charge in [0.25, 0.3) is 0 Å². The third kappa shape index (κ3) is 4.02. The van der Waals surface area contributed by atoms with Gasteiger partial charge in [-0.2, -0.15) is 0 Å². The van der Waals surface area contributed by atoms with Crippen LogP contribution in [-0.2, 0) is 11.3 Å². The molecule has 0 atom stereocenters. The molecule has 1 aromatic rings. The van der Waals surface area contributed by atoms with Crippen molar-refractivity contribution in [2.75, 3.05) is 27.1 Å². The molecule has 0 bridgehead atoms. The van der Waals surface area contributed by atoms with E-state index in [2.05, 4.69) is 26.1 Å². The minimum absolute atomic E-state index is 0.0418. The Balaban J connectivity index is 2.13. The van der Waals surface area contributed by atoms with Crippen molar-refractivity contribution in [2.45, 2.75) is 32.9 Å². The summed E-state index contributed by atoms with van der Waals surface area (Å²) in [7, 11) is 1.66. The van der Waals surface area contributed by atoms with Crippen LogP contribution < -0.4 is 19.5 Å². The largest absolute Gasteiger partial charge is 0.491 e. The molecule has 112 valence electrons. The first kappa shape index (κ1) is 14.9. The van der Waals surface area contributed by atoms with Crippen molar-refractivity contribution in [3.8, 4) is 17.2 Å². The minimum atomic E-state index is 0.0418. The number of fused-ring (bicyclic) bond motifs is 1. The Morgan fingerprint density at radius 3 is 2.50 bits per heavy atom. The van der Waals surface area contributed by atoms with E-state index < -0.39 is 0 Å². The first-order valence-corrected chi connectivity index (χ1v) is 6.79. The highest BCUT2D eigenvalue weighted by atomic mass is 16.7. The maximum absolute atomic E-state index is 5.77. The molecule has 2 rings (SSSR count). The molecule has 1 heterocycles. The molecule has 20 heavy (non-hydrogen) atoms. The first-order chi connectivity index (χ1) is 9.49.